The number of rotatable bonds is 5. The number of nitro groups is 1. The zero-order valence-corrected chi connectivity index (χ0v) is 13.1. The summed E-state index contributed by atoms with van der Waals surface area (Å²) < 4.78 is 33.2. The zero-order valence-electron chi connectivity index (χ0n) is 11.4. The van der Waals surface area contributed by atoms with Gasteiger partial charge in [0.2, 0.25) is 0 Å². The van der Waals surface area contributed by atoms with E-state index in [1.807, 2.05) is 0 Å². The summed E-state index contributed by atoms with van der Waals surface area (Å²) in [5.74, 6) is 0. The highest BCUT2D eigenvalue weighted by Crippen LogP contribution is 2.25. The van der Waals surface area contributed by atoms with Crippen molar-refractivity contribution in [2.24, 2.45) is 3.77 Å². The third-order valence-corrected chi connectivity index (χ3v) is 5.85. The van der Waals surface area contributed by atoms with Gasteiger partial charge in [-0.1, -0.05) is 30.3 Å². The van der Waals surface area contributed by atoms with E-state index >= 15 is 0 Å². The monoisotopic (exact) mass is 340 g/mol. The molecule has 0 fully saturated rings. The lowest BCUT2D eigenvalue weighted by Crippen LogP contribution is -2.04. The van der Waals surface area contributed by atoms with Crippen LogP contribution in [0, 0.1) is 10.1 Å². The fraction of sp³-hybridized carbons (Fsp3) is 0.0769. The number of hydrogen-bond donors (Lipinski definition) is 0. The van der Waals surface area contributed by atoms with E-state index in [1.54, 1.807) is 24.3 Å². The third-order valence-electron chi connectivity index (χ3n) is 2.61. The molecule has 0 bridgehead atoms. The molecule has 0 aromatic heterocycles. The maximum atomic E-state index is 12.2. The Morgan fingerprint density at radius 1 is 1.09 bits per heavy atom. The fourth-order valence-electron chi connectivity index (χ4n) is 1.64. The van der Waals surface area contributed by atoms with Gasteiger partial charge in [0, 0.05) is 6.07 Å². The van der Waals surface area contributed by atoms with E-state index in [1.165, 1.54) is 37.4 Å². The van der Waals surface area contributed by atoms with E-state index in [0.29, 0.717) is 0 Å². The predicted molar refractivity (Wildman–Crippen MR) is 81.8 cm³/mol. The van der Waals surface area contributed by atoms with Gasteiger partial charge < -0.3 is 4.18 Å². The van der Waals surface area contributed by atoms with Crippen LogP contribution in [0.3, 0.4) is 0 Å². The summed E-state index contributed by atoms with van der Waals surface area (Å²) in [6.07, 6.45) is 0. The number of sulfonamides is 1. The Labute approximate surface area is 130 Å². The smallest absolute Gasteiger partial charge is 0.290 e. The van der Waals surface area contributed by atoms with Crippen molar-refractivity contribution >= 4 is 26.7 Å². The molecule has 2 aromatic carbocycles. The third kappa shape index (κ3) is 3.56. The molecule has 7 nitrogen and oxygen atoms in total. The van der Waals surface area contributed by atoms with Crippen molar-refractivity contribution in [3.05, 3.63) is 64.7 Å². The summed E-state index contributed by atoms with van der Waals surface area (Å²) in [6, 6.07) is 13.4. The Morgan fingerprint density at radius 2 is 1.68 bits per heavy atom. The molecule has 1 atom stereocenters. The van der Waals surface area contributed by atoms with Crippen molar-refractivity contribution in [3.8, 4) is 0 Å². The van der Waals surface area contributed by atoms with Gasteiger partial charge in [-0.25, -0.2) is 0 Å². The molecule has 2 aromatic rings. The van der Waals surface area contributed by atoms with Crippen molar-refractivity contribution in [1.82, 2.24) is 0 Å². The molecule has 0 saturated carbocycles. The van der Waals surface area contributed by atoms with E-state index in [0.717, 1.165) is 0 Å². The van der Waals surface area contributed by atoms with Crippen LogP contribution in [0.15, 0.2) is 68.2 Å². The number of benzene rings is 2. The lowest BCUT2D eigenvalue weighted by atomic mass is 10.3. The molecule has 0 aliphatic carbocycles. The number of nitro benzene ring substituents is 1. The molecule has 116 valence electrons. The molecule has 0 amide bonds. The zero-order chi connectivity index (χ0) is 16.2. The summed E-state index contributed by atoms with van der Waals surface area (Å²) in [4.78, 5) is 10.6. The standard InChI is InChI=1S/C13H12N2O5S2/c1-20-21(13-10-6-5-9-12(13)15(16)17)14-22(18,19)11-7-3-2-4-8-11/h2-10H,1H3. The van der Waals surface area contributed by atoms with E-state index in [2.05, 4.69) is 3.77 Å². The Hall–Kier alpha value is -2.10. The Morgan fingerprint density at radius 3 is 2.27 bits per heavy atom. The van der Waals surface area contributed by atoms with E-state index in [-0.39, 0.29) is 15.5 Å². The maximum Gasteiger partial charge on any atom is 0.290 e. The average Bonchev–Trinajstić information content (AvgIpc) is 2.53. The summed E-state index contributed by atoms with van der Waals surface area (Å²) in [5, 5.41) is 11.0. The number of nitrogens with zero attached hydrogens (tertiary/aromatic N) is 2. The van der Waals surface area contributed by atoms with Crippen LogP contribution in [0.5, 0.6) is 0 Å². The summed E-state index contributed by atoms with van der Waals surface area (Å²) >= 11 is 0. The topological polar surface area (TPSA) is 98.9 Å². The SMILES string of the molecule is CO/S(=N\S(=O)(=O)c1ccccc1)c1ccccc1[N+](=O)[O-]. The predicted octanol–water partition coefficient (Wildman–Crippen LogP) is 2.71. The molecular weight excluding hydrogens is 328 g/mol. The Balaban J connectivity index is 2.56. The molecule has 0 N–H and O–H groups in total. The molecule has 2 rings (SSSR count). The molecule has 0 radical (unpaired) electrons. The van der Waals surface area contributed by atoms with Crippen molar-refractivity contribution < 1.29 is 17.5 Å². The van der Waals surface area contributed by atoms with Crippen molar-refractivity contribution in [2.75, 3.05) is 7.11 Å². The highest BCUT2D eigenvalue weighted by Gasteiger charge is 2.20. The van der Waals surface area contributed by atoms with Gasteiger partial charge >= 0.3 is 0 Å². The second-order valence-corrected chi connectivity index (χ2v) is 7.29. The number of hydrogen-bond acceptors (Lipinski definition) is 5. The van der Waals surface area contributed by atoms with Crippen LogP contribution in [-0.2, 0) is 25.2 Å². The second kappa shape index (κ2) is 6.77. The van der Waals surface area contributed by atoms with Crippen LogP contribution in [-0.4, -0.2) is 20.5 Å². The van der Waals surface area contributed by atoms with Crippen LogP contribution < -0.4 is 0 Å². The van der Waals surface area contributed by atoms with Gasteiger partial charge in [0.15, 0.2) is 0 Å². The van der Waals surface area contributed by atoms with E-state index < -0.39 is 25.9 Å². The molecule has 1 unspecified atom stereocenters. The first kappa shape index (κ1) is 16.3. The fourth-order valence-corrected chi connectivity index (χ4v) is 4.46. The quantitative estimate of drug-likeness (QED) is 0.615. The molecule has 0 aliphatic rings. The van der Waals surface area contributed by atoms with Gasteiger partial charge in [-0.3, -0.25) is 10.1 Å². The van der Waals surface area contributed by atoms with Crippen LogP contribution in [0.25, 0.3) is 0 Å². The lowest BCUT2D eigenvalue weighted by Gasteiger charge is -2.06. The molecule has 0 heterocycles. The van der Waals surface area contributed by atoms with Crippen molar-refractivity contribution in [2.45, 2.75) is 9.79 Å². The van der Waals surface area contributed by atoms with Gasteiger partial charge in [-0.05, 0) is 18.2 Å². The molecule has 9 heteroatoms. The Kier molecular flexibility index (Phi) is 5.01. The first-order chi connectivity index (χ1) is 10.5. The first-order valence-corrected chi connectivity index (χ1v) is 8.56. The van der Waals surface area contributed by atoms with Crippen LogP contribution in [0.1, 0.15) is 0 Å². The average molecular weight is 340 g/mol. The molecule has 22 heavy (non-hydrogen) atoms. The summed E-state index contributed by atoms with van der Waals surface area (Å²) in [7, 11) is -4.32. The van der Waals surface area contributed by atoms with Crippen LogP contribution in [0.2, 0.25) is 0 Å². The van der Waals surface area contributed by atoms with Crippen molar-refractivity contribution in [1.29, 1.82) is 0 Å². The van der Waals surface area contributed by atoms with Crippen LogP contribution >= 0.6 is 0 Å². The minimum atomic E-state index is -3.97. The van der Waals surface area contributed by atoms with Crippen molar-refractivity contribution in [3.63, 3.8) is 0 Å². The highest BCUT2D eigenvalue weighted by molar-refractivity contribution is 7.98. The van der Waals surface area contributed by atoms with Gasteiger partial charge in [-0.15, -0.1) is 3.77 Å². The van der Waals surface area contributed by atoms with E-state index in [4.69, 9.17) is 4.18 Å². The normalized spacial score (nSPS) is 13.0. The van der Waals surface area contributed by atoms with Gasteiger partial charge in [0.1, 0.15) is 4.90 Å². The lowest BCUT2D eigenvalue weighted by molar-refractivity contribution is -0.387. The molecule has 0 saturated heterocycles. The second-order valence-electron chi connectivity index (χ2n) is 4.00. The summed E-state index contributed by atoms with van der Waals surface area (Å²) in [6.45, 7) is 0. The summed E-state index contributed by atoms with van der Waals surface area (Å²) in [5.41, 5.74) is -0.236. The molecular formula is C13H12N2O5S2. The minimum Gasteiger partial charge on any atom is -0.305 e. The number of para-hydroxylation sites is 1. The van der Waals surface area contributed by atoms with Gasteiger partial charge in [-0.2, -0.15) is 8.42 Å². The van der Waals surface area contributed by atoms with E-state index in [9.17, 15) is 18.5 Å². The minimum absolute atomic E-state index is 0.00290. The van der Waals surface area contributed by atoms with Crippen LogP contribution in [0.4, 0.5) is 5.69 Å². The Bertz CT molecular complexity index is 819. The molecule has 0 spiro atoms. The first-order valence-electron chi connectivity index (χ1n) is 6.01. The van der Waals surface area contributed by atoms with Gasteiger partial charge in [0.05, 0.1) is 27.9 Å². The largest absolute Gasteiger partial charge is 0.305 e. The van der Waals surface area contributed by atoms with Gasteiger partial charge in [0.25, 0.3) is 15.7 Å². The maximum absolute atomic E-state index is 12.2. The highest BCUT2D eigenvalue weighted by atomic mass is 32.3. The molecule has 0 aliphatic heterocycles.